The fourth-order valence-corrected chi connectivity index (χ4v) is 3.87. The lowest BCUT2D eigenvalue weighted by Crippen LogP contribution is -2.24. The van der Waals surface area contributed by atoms with Crippen molar-refractivity contribution < 1.29 is 29.4 Å². The number of benzene rings is 4. The minimum atomic E-state index is -1.34. The third kappa shape index (κ3) is 4.42. The Morgan fingerprint density at radius 1 is 0.588 bits per heavy atom. The third-order valence-electron chi connectivity index (χ3n) is 5.41. The Morgan fingerprint density at radius 3 is 1.62 bits per heavy atom. The lowest BCUT2D eigenvalue weighted by Gasteiger charge is -2.15. The van der Waals surface area contributed by atoms with Gasteiger partial charge in [0.05, 0.1) is 11.1 Å². The molecule has 0 unspecified atom stereocenters. The van der Waals surface area contributed by atoms with Gasteiger partial charge in [0, 0.05) is 27.6 Å². The van der Waals surface area contributed by atoms with Crippen LogP contribution in [-0.4, -0.2) is 41.0 Å². The summed E-state index contributed by atoms with van der Waals surface area (Å²) in [6.07, 6.45) is 0. The van der Waals surface area contributed by atoms with E-state index in [4.69, 9.17) is 0 Å². The number of para-hydroxylation sites is 1. The second-order valence-corrected chi connectivity index (χ2v) is 7.59. The van der Waals surface area contributed by atoms with Crippen molar-refractivity contribution in [2.45, 2.75) is 0 Å². The minimum absolute atomic E-state index is 0.0120. The fraction of sp³-hybridized carbons (Fsp3) is 0. The van der Waals surface area contributed by atoms with Gasteiger partial charge in [-0.3, -0.25) is 4.79 Å². The lowest BCUT2D eigenvalue weighted by molar-refractivity contribution is 0.0686. The monoisotopic (exact) mass is 451 g/mol. The SMILES string of the molecule is O=C(O)c1ccc(C(=O)Nc2ccccc2)c2c(C(=O)O)ccc(C(=O)Bc3ccccc3)c12. The van der Waals surface area contributed by atoms with Crippen molar-refractivity contribution in [1.29, 1.82) is 0 Å². The molecular weight excluding hydrogens is 433 g/mol. The number of hydrogen-bond donors (Lipinski definition) is 3. The van der Waals surface area contributed by atoms with E-state index < -0.39 is 23.5 Å². The van der Waals surface area contributed by atoms with Crippen molar-refractivity contribution in [3.05, 3.63) is 107 Å². The van der Waals surface area contributed by atoms with Crippen molar-refractivity contribution in [1.82, 2.24) is 0 Å². The van der Waals surface area contributed by atoms with E-state index >= 15 is 0 Å². The van der Waals surface area contributed by atoms with Crippen LogP contribution in [0.5, 0.6) is 0 Å². The van der Waals surface area contributed by atoms with Crippen LogP contribution in [0, 0.1) is 0 Å². The molecule has 4 aromatic carbocycles. The van der Waals surface area contributed by atoms with Crippen LogP contribution in [0.2, 0.25) is 0 Å². The first kappa shape index (κ1) is 22.5. The minimum Gasteiger partial charge on any atom is -0.478 e. The second kappa shape index (κ2) is 9.42. The van der Waals surface area contributed by atoms with Crippen LogP contribution in [-0.2, 0) is 0 Å². The maximum absolute atomic E-state index is 13.2. The van der Waals surface area contributed by atoms with E-state index in [1.807, 2.05) is 6.07 Å². The Labute approximate surface area is 194 Å². The van der Waals surface area contributed by atoms with Gasteiger partial charge in [0.1, 0.15) is 5.68 Å². The van der Waals surface area contributed by atoms with E-state index in [0.29, 0.717) is 5.69 Å². The maximum atomic E-state index is 13.2. The van der Waals surface area contributed by atoms with Gasteiger partial charge in [-0.05, 0) is 30.3 Å². The Hall–Kier alpha value is -4.72. The summed E-state index contributed by atoms with van der Waals surface area (Å²) in [5.74, 6) is -3.30. The number of carboxylic acid groups (broad SMARTS) is 2. The number of rotatable bonds is 7. The molecular formula is C26H18BNO6. The van der Waals surface area contributed by atoms with Gasteiger partial charge in [0.25, 0.3) is 5.91 Å². The average molecular weight is 451 g/mol. The first-order valence-corrected chi connectivity index (χ1v) is 10.4. The maximum Gasteiger partial charge on any atom is 0.336 e. The first-order valence-electron chi connectivity index (χ1n) is 10.4. The van der Waals surface area contributed by atoms with E-state index in [1.165, 1.54) is 24.3 Å². The largest absolute Gasteiger partial charge is 0.478 e. The van der Waals surface area contributed by atoms with Gasteiger partial charge in [0.2, 0.25) is 7.28 Å². The molecule has 0 saturated carbocycles. The van der Waals surface area contributed by atoms with Gasteiger partial charge in [-0.2, -0.15) is 0 Å². The summed E-state index contributed by atoms with van der Waals surface area (Å²) in [5.41, 5.74) is 0.273. The topological polar surface area (TPSA) is 121 Å². The van der Waals surface area contributed by atoms with E-state index in [2.05, 4.69) is 5.32 Å². The number of amides is 1. The summed E-state index contributed by atoms with van der Waals surface area (Å²) in [7, 11) is -0.0120. The van der Waals surface area contributed by atoms with E-state index in [1.54, 1.807) is 54.6 Å². The quantitative estimate of drug-likeness (QED) is 0.371. The highest BCUT2D eigenvalue weighted by atomic mass is 16.4. The van der Waals surface area contributed by atoms with Crippen molar-refractivity contribution in [3.63, 3.8) is 0 Å². The Balaban J connectivity index is 1.94. The van der Waals surface area contributed by atoms with Crippen LogP contribution in [0.4, 0.5) is 5.69 Å². The summed E-state index contributed by atoms with van der Waals surface area (Å²) in [6.45, 7) is 0. The molecule has 0 aromatic heterocycles. The molecule has 0 atom stereocenters. The van der Waals surface area contributed by atoms with Gasteiger partial charge in [-0.25, -0.2) is 9.59 Å². The number of fused-ring (bicyclic) bond motifs is 1. The van der Waals surface area contributed by atoms with Crippen molar-refractivity contribution in [3.8, 4) is 0 Å². The fourth-order valence-electron chi connectivity index (χ4n) is 3.87. The van der Waals surface area contributed by atoms with Gasteiger partial charge in [-0.1, -0.05) is 60.1 Å². The average Bonchev–Trinajstić information content (AvgIpc) is 2.83. The molecule has 0 aliphatic heterocycles. The number of carbonyl (C=O) groups excluding carboxylic acids is 2. The number of carboxylic acids is 2. The van der Waals surface area contributed by atoms with Crippen molar-refractivity contribution in [2.24, 2.45) is 0 Å². The van der Waals surface area contributed by atoms with Gasteiger partial charge in [-0.15, -0.1) is 0 Å². The van der Waals surface area contributed by atoms with Crippen molar-refractivity contribution in [2.75, 3.05) is 5.32 Å². The molecule has 0 radical (unpaired) electrons. The molecule has 34 heavy (non-hydrogen) atoms. The molecule has 7 nitrogen and oxygen atoms in total. The zero-order chi connectivity index (χ0) is 24.2. The molecule has 0 aliphatic rings. The number of nitrogens with one attached hydrogen (secondary N) is 1. The highest BCUT2D eigenvalue weighted by molar-refractivity contribution is 6.87. The molecule has 4 rings (SSSR count). The molecule has 0 fully saturated rings. The standard InChI is InChI=1S/C26H18BNO6/c29-23(27-15-7-3-1-4-8-15)17-11-13-20(26(33)34)22-18(12-14-19(21(17)22)25(31)32)24(30)28-16-9-5-2-6-10-16/h1-14,27H,(H,28,30)(H,31,32)(H,33,34). The highest BCUT2D eigenvalue weighted by Crippen LogP contribution is 2.31. The lowest BCUT2D eigenvalue weighted by atomic mass is 9.63. The van der Waals surface area contributed by atoms with Crippen LogP contribution in [0.3, 0.4) is 0 Å². The molecule has 0 aliphatic carbocycles. The van der Waals surface area contributed by atoms with E-state index in [-0.39, 0.29) is 40.3 Å². The normalized spacial score (nSPS) is 10.5. The summed E-state index contributed by atoms with van der Waals surface area (Å²) in [5, 5.41) is 22.1. The Kier molecular flexibility index (Phi) is 6.23. The molecule has 8 heteroatoms. The highest BCUT2D eigenvalue weighted by Gasteiger charge is 2.25. The summed E-state index contributed by atoms with van der Waals surface area (Å²) >= 11 is 0. The predicted octanol–water partition coefficient (Wildman–Crippen LogP) is 3.39. The summed E-state index contributed by atoms with van der Waals surface area (Å²) in [6, 6.07) is 22.5. The number of aromatic carboxylic acids is 2. The molecule has 0 bridgehead atoms. The zero-order valence-corrected chi connectivity index (χ0v) is 17.8. The third-order valence-corrected chi connectivity index (χ3v) is 5.41. The zero-order valence-electron chi connectivity index (χ0n) is 17.8. The van der Waals surface area contributed by atoms with E-state index in [9.17, 15) is 29.4 Å². The smallest absolute Gasteiger partial charge is 0.336 e. The molecule has 3 N–H and O–H groups in total. The van der Waals surface area contributed by atoms with Crippen LogP contribution >= 0.6 is 0 Å². The molecule has 166 valence electrons. The number of anilines is 1. The second-order valence-electron chi connectivity index (χ2n) is 7.59. The Morgan fingerprint density at radius 2 is 1.06 bits per heavy atom. The number of carbonyl (C=O) groups is 4. The van der Waals surface area contributed by atoms with Crippen molar-refractivity contribution >= 4 is 52.7 Å². The molecule has 0 saturated heterocycles. The van der Waals surface area contributed by atoms with Crippen LogP contribution in [0.15, 0.2) is 84.9 Å². The molecule has 4 aromatic rings. The van der Waals surface area contributed by atoms with Crippen LogP contribution in [0.1, 0.15) is 41.4 Å². The molecule has 0 heterocycles. The van der Waals surface area contributed by atoms with Gasteiger partial charge >= 0.3 is 11.9 Å². The summed E-state index contributed by atoms with van der Waals surface area (Å²) < 4.78 is 0. The molecule has 1 amide bonds. The summed E-state index contributed by atoms with van der Waals surface area (Å²) in [4.78, 5) is 50.4. The predicted molar refractivity (Wildman–Crippen MR) is 130 cm³/mol. The van der Waals surface area contributed by atoms with Crippen LogP contribution < -0.4 is 10.8 Å². The van der Waals surface area contributed by atoms with Gasteiger partial charge in [0.15, 0.2) is 0 Å². The van der Waals surface area contributed by atoms with Gasteiger partial charge < -0.3 is 20.3 Å². The molecule has 0 spiro atoms. The Bertz CT molecular complexity index is 1320. The first-order chi connectivity index (χ1) is 16.4. The van der Waals surface area contributed by atoms with Crippen LogP contribution in [0.25, 0.3) is 10.8 Å². The van der Waals surface area contributed by atoms with E-state index in [0.717, 1.165) is 5.46 Å². The number of hydrogen-bond acceptors (Lipinski definition) is 4.